The number of carbonyl (C=O) groups is 1. The molecule has 0 aromatic heterocycles. The van der Waals surface area contributed by atoms with Crippen molar-refractivity contribution in [3.63, 3.8) is 0 Å². The smallest absolute Gasteiger partial charge is 0.416 e. The number of halogens is 4. The van der Waals surface area contributed by atoms with Gasteiger partial charge in [-0.05, 0) is 35.9 Å². The summed E-state index contributed by atoms with van der Waals surface area (Å²) in [5.74, 6) is -0.498. The first kappa shape index (κ1) is 21.3. The zero-order valence-electron chi connectivity index (χ0n) is 15.0. The zero-order chi connectivity index (χ0) is 21.4. The third-order valence-electron chi connectivity index (χ3n) is 4.20. The van der Waals surface area contributed by atoms with Crippen molar-refractivity contribution in [2.75, 3.05) is 17.1 Å². The van der Waals surface area contributed by atoms with Gasteiger partial charge in [-0.25, -0.2) is 8.42 Å². The topological polar surface area (TPSA) is 75.7 Å². The number of benzene rings is 2. The highest BCUT2D eigenvalue weighted by Gasteiger charge is 2.35. The van der Waals surface area contributed by atoms with E-state index in [9.17, 15) is 26.4 Å². The van der Waals surface area contributed by atoms with Gasteiger partial charge in [0, 0.05) is 11.6 Å². The number of ether oxygens (including phenoxy) is 1. The van der Waals surface area contributed by atoms with Crippen LogP contribution in [0, 0.1) is 0 Å². The molecule has 3 rings (SSSR count). The van der Waals surface area contributed by atoms with Gasteiger partial charge in [0.25, 0.3) is 5.91 Å². The Morgan fingerprint density at radius 1 is 1.28 bits per heavy atom. The van der Waals surface area contributed by atoms with Gasteiger partial charge in [-0.1, -0.05) is 23.7 Å². The molecule has 0 radical (unpaired) electrons. The summed E-state index contributed by atoms with van der Waals surface area (Å²) >= 11 is 5.92. The molecule has 1 atom stereocenters. The molecule has 11 heteroatoms. The number of nitrogens with one attached hydrogen (secondary N) is 1. The Morgan fingerprint density at radius 3 is 2.66 bits per heavy atom. The van der Waals surface area contributed by atoms with Gasteiger partial charge in [-0.3, -0.25) is 9.10 Å². The molecule has 1 unspecified atom stereocenters. The van der Waals surface area contributed by atoms with Gasteiger partial charge in [0.1, 0.15) is 5.75 Å². The van der Waals surface area contributed by atoms with E-state index in [4.69, 9.17) is 16.3 Å². The van der Waals surface area contributed by atoms with Crippen LogP contribution in [-0.2, 0) is 27.5 Å². The number of hydrogen-bond donors (Lipinski definition) is 1. The molecular formula is C18H16ClF3N2O4S. The minimum absolute atomic E-state index is 0.158. The molecule has 1 aliphatic heterocycles. The molecule has 1 aliphatic rings. The van der Waals surface area contributed by atoms with E-state index in [0.717, 1.165) is 22.7 Å². The fourth-order valence-electron chi connectivity index (χ4n) is 2.84. The minimum Gasteiger partial charge on any atom is -0.476 e. The predicted octanol–water partition coefficient (Wildman–Crippen LogP) is 3.20. The van der Waals surface area contributed by atoms with Crippen LogP contribution in [0.5, 0.6) is 5.75 Å². The fraction of sp³-hybridized carbons (Fsp3) is 0.278. The Labute approximate surface area is 170 Å². The van der Waals surface area contributed by atoms with Crippen LogP contribution in [0.15, 0.2) is 42.5 Å². The lowest BCUT2D eigenvalue weighted by Crippen LogP contribution is -2.50. The van der Waals surface area contributed by atoms with Gasteiger partial charge < -0.3 is 10.1 Å². The molecule has 0 bridgehead atoms. The van der Waals surface area contributed by atoms with Crippen molar-refractivity contribution in [2.24, 2.45) is 0 Å². The summed E-state index contributed by atoms with van der Waals surface area (Å²) < 4.78 is 69.3. The SMILES string of the molecule is CS(=O)(=O)N1CC(C(=O)NCc2cccc(C(F)(F)F)c2)Oc2ccc(Cl)cc21. The summed E-state index contributed by atoms with van der Waals surface area (Å²) in [7, 11) is -3.72. The number of alkyl halides is 3. The summed E-state index contributed by atoms with van der Waals surface area (Å²) in [5.41, 5.74) is -0.370. The lowest BCUT2D eigenvalue weighted by atomic mass is 10.1. The average molecular weight is 449 g/mol. The van der Waals surface area contributed by atoms with E-state index in [2.05, 4.69) is 5.32 Å². The molecule has 0 spiro atoms. The highest BCUT2D eigenvalue weighted by Crippen LogP contribution is 2.37. The van der Waals surface area contributed by atoms with E-state index in [-0.39, 0.29) is 30.1 Å². The normalized spacial score (nSPS) is 16.7. The lowest BCUT2D eigenvalue weighted by molar-refractivity contribution is -0.137. The number of carbonyl (C=O) groups excluding carboxylic acids is 1. The standard InChI is InChI=1S/C18H16ClF3N2O4S/c1-29(26,27)24-10-16(28-15-6-5-13(19)8-14(15)24)17(25)23-9-11-3-2-4-12(7-11)18(20,21)22/h2-8,16H,9-10H2,1H3,(H,23,25). The molecule has 0 saturated heterocycles. The quantitative estimate of drug-likeness (QED) is 0.779. The summed E-state index contributed by atoms with van der Waals surface area (Å²) in [5, 5.41) is 2.78. The highest BCUT2D eigenvalue weighted by molar-refractivity contribution is 7.92. The van der Waals surface area contributed by atoms with Crippen molar-refractivity contribution in [3.8, 4) is 5.75 Å². The molecule has 156 valence electrons. The van der Waals surface area contributed by atoms with Gasteiger partial charge in [0.15, 0.2) is 6.10 Å². The average Bonchev–Trinajstić information content (AvgIpc) is 2.64. The molecule has 2 aromatic rings. The molecule has 6 nitrogen and oxygen atoms in total. The first-order valence-electron chi connectivity index (χ1n) is 8.33. The number of nitrogens with zero attached hydrogens (tertiary/aromatic N) is 1. The van der Waals surface area contributed by atoms with Crippen molar-refractivity contribution in [2.45, 2.75) is 18.8 Å². The van der Waals surface area contributed by atoms with Crippen LogP contribution in [0.4, 0.5) is 18.9 Å². The van der Waals surface area contributed by atoms with E-state index in [1.807, 2.05) is 0 Å². The Balaban J connectivity index is 1.76. The molecule has 1 N–H and O–H groups in total. The first-order valence-corrected chi connectivity index (χ1v) is 10.6. The van der Waals surface area contributed by atoms with Crippen molar-refractivity contribution in [1.82, 2.24) is 5.32 Å². The van der Waals surface area contributed by atoms with Gasteiger partial charge >= 0.3 is 6.18 Å². The van der Waals surface area contributed by atoms with Crippen LogP contribution in [0.2, 0.25) is 5.02 Å². The molecule has 1 amide bonds. The molecule has 0 aliphatic carbocycles. The van der Waals surface area contributed by atoms with Crippen molar-refractivity contribution >= 4 is 33.2 Å². The highest BCUT2D eigenvalue weighted by atomic mass is 35.5. The monoisotopic (exact) mass is 448 g/mol. The predicted molar refractivity (Wildman–Crippen MR) is 101 cm³/mol. The third kappa shape index (κ3) is 4.94. The number of anilines is 1. The maximum Gasteiger partial charge on any atom is 0.416 e. The van der Waals surface area contributed by atoms with Crippen LogP contribution in [0.3, 0.4) is 0 Å². The Bertz CT molecular complexity index is 1040. The van der Waals surface area contributed by atoms with E-state index in [1.54, 1.807) is 0 Å². The first-order chi connectivity index (χ1) is 13.4. The molecule has 2 aromatic carbocycles. The van der Waals surface area contributed by atoms with Gasteiger partial charge in [-0.2, -0.15) is 13.2 Å². The van der Waals surface area contributed by atoms with Crippen molar-refractivity contribution < 1.29 is 31.1 Å². The van der Waals surface area contributed by atoms with E-state index < -0.39 is 33.8 Å². The third-order valence-corrected chi connectivity index (χ3v) is 5.59. The minimum atomic E-state index is -4.49. The largest absolute Gasteiger partial charge is 0.476 e. The van der Waals surface area contributed by atoms with Crippen LogP contribution in [-0.4, -0.2) is 33.2 Å². The molecule has 1 heterocycles. The Kier molecular flexibility index (Phi) is 5.68. The van der Waals surface area contributed by atoms with Gasteiger partial charge in [0.2, 0.25) is 10.0 Å². The number of amides is 1. The summed E-state index contributed by atoms with van der Waals surface area (Å²) in [6.07, 6.45) is -4.68. The Hall–Kier alpha value is -2.46. The van der Waals surface area contributed by atoms with Crippen molar-refractivity contribution in [1.29, 1.82) is 0 Å². The van der Waals surface area contributed by atoms with Crippen molar-refractivity contribution in [3.05, 3.63) is 58.6 Å². The van der Waals surface area contributed by atoms with Crippen LogP contribution < -0.4 is 14.4 Å². The van der Waals surface area contributed by atoms with E-state index in [1.165, 1.54) is 30.3 Å². The van der Waals surface area contributed by atoms with Crippen LogP contribution in [0.25, 0.3) is 0 Å². The molecular weight excluding hydrogens is 433 g/mol. The maximum atomic E-state index is 12.8. The molecule has 0 fully saturated rings. The van der Waals surface area contributed by atoms with Gasteiger partial charge in [-0.15, -0.1) is 0 Å². The summed E-state index contributed by atoms with van der Waals surface area (Å²) in [6, 6.07) is 8.90. The fourth-order valence-corrected chi connectivity index (χ4v) is 3.91. The molecule has 0 saturated carbocycles. The van der Waals surface area contributed by atoms with Crippen LogP contribution >= 0.6 is 11.6 Å². The summed E-state index contributed by atoms with van der Waals surface area (Å²) in [6.45, 7) is -0.463. The summed E-state index contributed by atoms with van der Waals surface area (Å²) in [4.78, 5) is 12.5. The Morgan fingerprint density at radius 2 is 2.00 bits per heavy atom. The number of rotatable bonds is 4. The van der Waals surface area contributed by atoms with E-state index >= 15 is 0 Å². The second-order valence-electron chi connectivity index (χ2n) is 6.43. The molecule has 29 heavy (non-hydrogen) atoms. The number of hydrogen-bond acceptors (Lipinski definition) is 4. The second-order valence-corrected chi connectivity index (χ2v) is 8.77. The second kappa shape index (κ2) is 7.75. The maximum absolute atomic E-state index is 12.8. The number of sulfonamides is 1. The van der Waals surface area contributed by atoms with E-state index in [0.29, 0.717) is 5.02 Å². The number of fused-ring (bicyclic) bond motifs is 1. The zero-order valence-corrected chi connectivity index (χ0v) is 16.6. The van der Waals surface area contributed by atoms with Gasteiger partial charge in [0.05, 0.1) is 24.1 Å². The lowest BCUT2D eigenvalue weighted by Gasteiger charge is -2.34. The van der Waals surface area contributed by atoms with Crippen LogP contribution in [0.1, 0.15) is 11.1 Å².